The molecule has 2 aromatic rings. The average Bonchev–Trinajstić information content (AvgIpc) is 2.48. The van der Waals surface area contributed by atoms with Gasteiger partial charge in [-0.3, -0.25) is 0 Å². The van der Waals surface area contributed by atoms with Crippen LogP contribution >= 0.6 is 0 Å². The Hall–Kier alpha value is -1.51. The van der Waals surface area contributed by atoms with Crippen LogP contribution in [0.4, 0.5) is 5.82 Å². The molecule has 0 aliphatic rings. The number of hydrogen-bond donors (Lipinski definition) is 2. The molecule has 2 rings (SSSR count). The Kier molecular flexibility index (Phi) is 1.72. The number of H-pyrrole nitrogens is 1. The first-order chi connectivity index (χ1) is 6.20. The molecular weight excluding hydrogens is 162 g/mol. The summed E-state index contributed by atoms with van der Waals surface area (Å²) in [6.07, 6.45) is 3.75. The molecule has 0 saturated carbocycles. The van der Waals surface area contributed by atoms with Crippen LogP contribution in [0.15, 0.2) is 18.5 Å². The minimum absolute atomic E-state index is 0.510. The highest BCUT2D eigenvalue weighted by Gasteiger charge is 2.08. The van der Waals surface area contributed by atoms with Crippen LogP contribution < -0.4 is 5.73 Å². The second-order valence-electron chi connectivity index (χ2n) is 3.52. The second-order valence-corrected chi connectivity index (χ2v) is 3.52. The highest BCUT2D eigenvalue weighted by molar-refractivity contribution is 5.90. The maximum absolute atomic E-state index is 5.73. The first-order valence-electron chi connectivity index (χ1n) is 4.41. The van der Waals surface area contributed by atoms with Gasteiger partial charge in [0.15, 0.2) is 0 Å². The van der Waals surface area contributed by atoms with Crippen LogP contribution in [0, 0.1) is 0 Å². The number of fused-ring (bicyclic) bond motifs is 1. The summed E-state index contributed by atoms with van der Waals surface area (Å²) in [4.78, 5) is 7.18. The summed E-state index contributed by atoms with van der Waals surface area (Å²) in [5.74, 6) is 1.08. The Bertz CT molecular complexity index is 429. The maximum atomic E-state index is 5.73. The molecule has 0 aliphatic heterocycles. The summed E-state index contributed by atoms with van der Waals surface area (Å²) >= 11 is 0. The molecule has 0 radical (unpaired) electrons. The lowest BCUT2D eigenvalue weighted by Gasteiger charge is -2.01. The van der Waals surface area contributed by atoms with Crippen molar-refractivity contribution in [2.75, 3.05) is 5.73 Å². The molecule has 2 heterocycles. The van der Waals surface area contributed by atoms with Crippen molar-refractivity contribution in [3.05, 3.63) is 24.0 Å². The standard InChI is InChI=1S/C10H13N3/c1-6(2)8-5-13-9-7(8)3-4-12-10(9)11/h3-6,13H,1-2H3,(H2,11,12). The number of hydrogen-bond acceptors (Lipinski definition) is 2. The number of nitrogens with one attached hydrogen (secondary N) is 1. The average molecular weight is 175 g/mol. The third-order valence-corrected chi connectivity index (χ3v) is 2.29. The van der Waals surface area contributed by atoms with Crippen molar-refractivity contribution in [1.82, 2.24) is 9.97 Å². The first kappa shape index (κ1) is 8.10. The van der Waals surface area contributed by atoms with Gasteiger partial charge in [0.25, 0.3) is 0 Å². The Balaban J connectivity index is 2.75. The Morgan fingerprint density at radius 1 is 1.46 bits per heavy atom. The number of nitrogens with two attached hydrogens (primary N) is 1. The quantitative estimate of drug-likeness (QED) is 0.698. The molecule has 3 heteroatoms. The predicted octanol–water partition coefficient (Wildman–Crippen LogP) is 2.27. The fourth-order valence-electron chi connectivity index (χ4n) is 1.58. The first-order valence-corrected chi connectivity index (χ1v) is 4.41. The Morgan fingerprint density at radius 3 is 2.92 bits per heavy atom. The van der Waals surface area contributed by atoms with Crippen LogP contribution in [0.25, 0.3) is 10.9 Å². The van der Waals surface area contributed by atoms with Gasteiger partial charge in [-0.25, -0.2) is 4.98 Å². The zero-order valence-corrected chi connectivity index (χ0v) is 7.83. The predicted molar refractivity (Wildman–Crippen MR) is 54.6 cm³/mol. The Labute approximate surface area is 77.0 Å². The van der Waals surface area contributed by atoms with Crippen molar-refractivity contribution < 1.29 is 0 Å². The van der Waals surface area contributed by atoms with Gasteiger partial charge in [-0.15, -0.1) is 0 Å². The lowest BCUT2D eigenvalue weighted by atomic mass is 10.0. The molecule has 3 N–H and O–H groups in total. The van der Waals surface area contributed by atoms with E-state index in [-0.39, 0.29) is 0 Å². The van der Waals surface area contributed by atoms with E-state index in [0.29, 0.717) is 11.7 Å². The van der Waals surface area contributed by atoms with Gasteiger partial charge < -0.3 is 10.7 Å². The summed E-state index contributed by atoms with van der Waals surface area (Å²) in [5.41, 5.74) is 7.97. The molecule has 0 saturated heterocycles. The number of pyridine rings is 1. The van der Waals surface area contributed by atoms with E-state index < -0.39 is 0 Å². The molecule has 0 amide bonds. The molecule has 0 bridgehead atoms. The van der Waals surface area contributed by atoms with Gasteiger partial charge >= 0.3 is 0 Å². The maximum Gasteiger partial charge on any atom is 0.147 e. The van der Waals surface area contributed by atoms with Crippen molar-refractivity contribution in [2.45, 2.75) is 19.8 Å². The zero-order valence-electron chi connectivity index (χ0n) is 7.83. The molecule has 0 unspecified atom stereocenters. The van der Waals surface area contributed by atoms with Crippen LogP contribution in [0.5, 0.6) is 0 Å². The minimum atomic E-state index is 0.510. The topological polar surface area (TPSA) is 54.7 Å². The second kappa shape index (κ2) is 2.76. The van der Waals surface area contributed by atoms with Crippen molar-refractivity contribution in [3.8, 4) is 0 Å². The molecular formula is C10H13N3. The summed E-state index contributed by atoms with van der Waals surface area (Å²) < 4.78 is 0. The van der Waals surface area contributed by atoms with E-state index in [4.69, 9.17) is 5.73 Å². The van der Waals surface area contributed by atoms with Crippen LogP contribution in [0.1, 0.15) is 25.3 Å². The highest BCUT2D eigenvalue weighted by atomic mass is 14.9. The molecule has 0 aliphatic carbocycles. The molecule has 0 fully saturated rings. The van der Waals surface area contributed by atoms with Crippen molar-refractivity contribution >= 4 is 16.7 Å². The van der Waals surface area contributed by atoms with Crippen LogP contribution in [0.3, 0.4) is 0 Å². The molecule has 0 spiro atoms. The molecule has 68 valence electrons. The monoisotopic (exact) mass is 175 g/mol. The summed E-state index contributed by atoms with van der Waals surface area (Å²) in [5, 5.41) is 1.18. The van der Waals surface area contributed by atoms with Gasteiger partial charge in [0, 0.05) is 17.8 Å². The SMILES string of the molecule is CC(C)c1c[nH]c2c(N)nccc12. The number of anilines is 1. The largest absolute Gasteiger partial charge is 0.382 e. The number of nitrogen functional groups attached to an aromatic ring is 1. The third kappa shape index (κ3) is 1.16. The molecule has 0 aromatic carbocycles. The van der Waals surface area contributed by atoms with Gasteiger partial charge in [0.2, 0.25) is 0 Å². The van der Waals surface area contributed by atoms with Gasteiger partial charge in [-0.2, -0.15) is 0 Å². The number of nitrogens with zero attached hydrogens (tertiary/aromatic N) is 1. The lowest BCUT2D eigenvalue weighted by Crippen LogP contribution is -1.90. The van der Waals surface area contributed by atoms with Crippen LogP contribution in [-0.4, -0.2) is 9.97 Å². The van der Waals surface area contributed by atoms with E-state index in [9.17, 15) is 0 Å². The Morgan fingerprint density at radius 2 is 2.23 bits per heavy atom. The van der Waals surface area contributed by atoms with E-state index in [2.05, 4.69) is 23.8 Å². The van der Waals surface area contributed by atoms with Gasteiger partial charge in [-0.05, 0) is 17.5 Å². The summed E-state index contributed by atoms with van der Waals surface area (Å²) in [6.45, 7) is 4.33. The van der Waals surface area contributed by atoms with Gasteiger partial charge in [0.05, 0.1) is 5.52 Å². The van der Waals surface area contributed by atoms with Crippen molar-refractivity contribution in [3.63, 3.8) is 0 Å². The molecule has 2 aromatic heterocycles. The third-order valence-electron chi connectivity index (χ3n) is 2.29. The van der Waals surface area contributed by atoms with Crippen molar-refractivity contribution in [1.29, 1.82) is 0 Å². The highest BCUT2D eigenvalue weighted by Crippen LogP contribution is 2.26. The normalized spacial score (nSPS) is 11.3. The smallest absolute Gasteiger partial charge is 0.147 e. The fourth-order valence-corrected chi connectivity index (χ4v) is 1.58. The van der Waals surface area contributed by atoms with Gasteiger partial charge in [-0.1, -0.05) is 13.8 Å². The van der Waals surface area contributed by atoms with Gasteiger partial charge in [0.1, 0.15) is 5.82 Å². The molecule has 3 nitrogen and oxygen atoms in total. The van der Waals surface area contributed by atoms with E-state index in [1.807, 2.05) is 12.3 Å². The fraction of sp³-hybridized carbons (Fsp3) is 0.300. The van der Waals surface area contributed by atoms with E-state index in [1.54, 1.807) is 6.20 Å². The number of rotatable bonds is 1. The summed E-state index contributed by atoms with van der Waals surface area (Å²) in [7, 11) is 0. The number of aromatic amines is 1. The number of aromatic nitrogens is 2. The summed E-state index contributed by atoms with van der Waals surface area (Å²) in [6, 6.07) is 2.00. The molecule has 13 heavy (non-hydrogen) atoms. The van der Waals surface area contributed by atoms with Crippen LogP contribution in [0.2, 0.25) is 0 Å². The molecule has 0 atom stereocenters. The van der Waals surface area contributed by atoms with E-state index in [1.165, 1.54) is 10.9 Å². The van der Waals surface area contributed by atoms with E-state index in [0.717, 1.165) is 5.52 Å². The van der Waals surface area contributed by atoms with Crippen molar-refractivity contribution in [2.24, 2.45) is 0 Å². The van der Waals surface area contributed by atoms with Crippen LogP contribution in [-0.2, 0) is 0 Å². The minimum Gasteiger partial charge on any atom is -0.382 e. The van der Waals surface area contributed by atoms with E-state index >= 15 is 0 Å². The zero-order chi connectivity index (χ0) is 9.42. The lowest BCUT2D eigenvalue weighted by molar-refractivity contribution is 0.875.